The molecule has 1 N–H and O–H groups in total. The molecule has 1 aliphatic rings. The lowest BCUT2D eigenvalue weighted by Gasteiger charge is -2.31. The molecule has 28 heavy (non-hydrogen) atoms. The van der Waals surface area contributed by atoms with Crippen LogP contribution in [-0.2, 0) is 10.0 Å². The molecule has 0 bridgehead atoms. The Morgan fingerprint density at radius 2 is 1.68 bits per heavy atom. The predicted molar refractivity (Wildman–Crippen MR) is 106 cm³/mol. The standard InChI is InChI=1S/C20H21N3O4S/c1-14(24)15-6-8-17(9-7-15)28(26,27)22-12-10-16(11-13-22)23-19-5-3-2-4-18(19)21-20(23)25/h2-9,16H,10-13H2,1H3,(H,21,25). The zero-order valence-corrected chi connectivity index (χ0v) is 16.3. The quantitative estimate of drug-likeness (QED) is 0.683. The number of Topliss-reactive ketones (excluding diaryl/α,β-unsaturated/α-hetero) is 1. The van der Waals surface area contributed by atoms with Gasteiger partial charge < -0.3 is 4.98 Å². The van der Waals surface area contributed by atoms with Crippen LogP contribution in [0.5, 0.6) is 0 Å². The van der Waals surface area contributed by atoms with Crippen molar-refractivity contribution in [1.29, 1.82) is 0 Å². The van der Waals surface area contributed by atoms with Gasteiger partial charge >= 0.3 is 5.69 Å². The van der Waals surface area contributed by atoms with E-state index in [1.807, 2.05) is 24.3 Å². The van der Waals surface area contributed by atoms with E-state index in [1.54, 1.807) is 4.57 Å². The highest BCUT2D eigenvalue weighted by atomic mass is 32.2. The van der Waals surface area contributed by atoms with Crippen molar-refractivity contribution in [3.05, 3.63) is 64.6 Å². The molecule has 7 nitrogen and oxygen atoms in total. The van der Waals surface area contributed by atoms with Crippen molar-refractivity contribution in [1.82, 2.24) is 13.9 Å². The third-order valence-electron chi connectivity index (χ3n) is 5.31. The first-order chi connectivity index (χ1) is 13.4. The summed E-state index contributed by atoms with van der Waals surface area (Å²) in [4.78, 5) is 26.8. The van der Waals surface area contributed by atoms with E-state index in [0.29, 0.717) is 31.5 Å². The largest absolute Gasteiger partial charge is 0.326 e. The minimum absolute atomic E-state index is 0.0461. The molecule has 1 aliphatic heterocycles. The van der Waals surface area contributed by atoms with Gasteiger partial charge in [0.2, 0.25) is 10.0 Å². The second kappa shape index (κ2) is 7.03. The second-order valence-corrected chi connectivity index (χ2v) is 8.97. The van der Waals surface area contributed by atoms with Gasteiger partial charge in [-0.3, -0.25) is 9.36 Å². The van der Waals surface area contributed by atoms with Gasteiger partial charge in [-0.15, -0.1) is 0 Å². The molecule has 0 radical (unpaired) electrons. The molecule has 0 unspecified atom stereocenters. The fourth-order valence-electron chi connectivity index (χ4n) is 3.79. The number of piperidine rings is 1. The number of hydrogen-bond donors (Lipinski definition) is 1. The van der Waals surface area contributed by atoms with Crippen LogP contribution < -0.4 is 5.69 Å². The van der Waals surface area contributed by atoms with Gasteiger partial charge in [-0.1, -0.05) is 24.3 Å². The van der Waals surface area contributed by atoms with Gasteiger partial charge in [0, 0.05) is 24.7 Å². The van der Waals surface area contributed by atoms with Crippen LogP contribution in [0.3, 0.4) is 0 Å². The lowest BCUT2D eigenvalue weighted by Crippen LogP contribution is -2.40. The van der Waals surface area contributed by atoms with Crippen LogP contribution >= 0.6 is 0 Å². The van der Waals surface area contributed by atoms with E-state index in [4.69, 9.17) is 0 Å². The van der Waals surface area contributed by atoms with Gasteiger partial charge in [-0.05, 0) is 44.0 Å². The molecule has 4 rings (SSSR count). The molecule has 0 spiro atoms. The number of nitrogens with one attached hydrogen (secondary N) is 1. The molecule has 0 saturated carbocycles. The molecule has 0 amide bonds. The number of nitrogens with zero attached hydrogens (tertiary/aromatic N) is 2. The maximum Gasteiger partial charge on any atom is 0.326 e. The SMILES string of the molecule is CC(=O)c1ccc(S(=O)(=O)N2CCC(n3c(=O)[nH]c4ccccc43)CC2)cc1. The average Bonchev–Trinajstić information content (AvgIpc) is 3.04. The van der Waals surface area contributed by atoms with E-state index in [2.05, 4.69) is 4.98 Å². The molecule has 146 valence electrons. The van der Waals surface area contributed by atoms with Gasteiger partial charge in [0.05, 0.1) is 15.9 Å². The van der Waals surface area contributed by atoms with Crippen LogP contribution in [0, 0.1) is 0 Å². The summed E-state index contributed by atoms with van der Waals surface area (Å²) in [7, 11) is -3.62. The van der Waals surface area contributed by atoms with Crippen LogP contribution in [0.25, 0.3) is 11.0 Å². The van der Waals surface area contributed by atoms with Gasteiger partial charge in [0.25, 0.3) is 0 Å². The van der Waals surface area contributed by atoms with Crippen LogP contribution in [0.1, 0.15) is 36.2 Å². The number of sulfonamides is 1. The van der Waals surface area contributed by atoms with Crippen molar-refractivity contribution < 1.29 is 13.2 Å². The maximum absolute atomic E-state index is 12.9. The third kappa shape index (κ3) is 3.18. The maximum atomic E-state index is 12.9. The molecule has 8 heteroatoms. The number of fused-ring (bicyclic) bond motifs is 1. The molecule has 0 atom stereocenters. The van der Waals surface area contributed by atoms with Gasteiger partial charge in [-0.25, -0.2) is 13.2 Å². The molecule has 2 heterocycles. The van der Waals surface area contributed by atoms with Gasteiger partial charge in [0.15, 0.2) is 5.78 Å². The molecule has 0 aliphatic carbocycles. The minimum Gasteiger partial charge on any atom is -0.306 e. The molecule has 2 aromatic carbocycles. The normalized spacial score (nSPS) is 16.5. The van der Waals surface area contributed by atoms with Crippen LogP contribution in [0.15, 0.2) is 58.2 Å². The number of aromatic amines is 1. The van der Waals surface area contributed by atoms with E-state index >= 15 is 0 Å². The third-order valence-corrected chi connectivity index (χ3v) is 7.22. The van der Waals surface area contributed by atoms with E-state index in [0.717, 1.165) is 11.0 Å². The van der Waals surface area contributed by atoms with E-state index in [-0.39, 0.29) is 22.4 Å². The van der Waals surface area contributed by atoms with Crippen LogP contribution in [0.2, 0.25) is 0 Å². The van der Waals surface area contributed by atoms with Gasteiger partial charge in [0.1, 0.15) is 0 Å². The highest BCUT2D eigenvalue weighted by Gasteiger charge is 2.31. The summed E-state index contributed by atoms with van der Waals surface area (Å²) >= 11 is 0. The molecule has 1 fully saturated rings. The molecule has 1 saturated heterocycles. The number of aromatic nitrogens is 2. The summed E-state index contributed by atoms with van der Waals surface area (Å²) < 4.78 is 29.0. The van der Waals surface area contributed by atoms with Crippen LogP contribution in [0.4, 0.5) is 0 Å². The van der Waals surface area contributed by atoms with Gasteiger partial charge in [-0.2, -0.15) is 4.31 Å². The molecule has 1 aromatic heterocycles. The number of imidazole rings is 1. The number of hydrogen-bond acceptors (Lipinski definition) is 4. The summed E-state index contributed by atoms with van der Waals surface area (Å²) in [5.41, 5.74) is 1.94. The number of para-hydroxylation sites is 2. The number of rotatable bonds is 4. The van der Waals surface area contributed by atoms with Crippen molar-refractivity contribution in [2.24, 2.45) is 0 Å². The van der Waals surface area contributed by atoms with Crippen molar-refractivity contribution in [3.63, 3.8) is 0 Å². The molecule has 3 aromatic rings. The number of H-pyrrole nitrogens is 1. The van der Waals surface area contributed by atoms with Crippen LogP contribution in [-0.4, -0.2) is 41.1 Å². The van der Waals surface area contributed by atoms with Crippen molar-refractivity contribution >= 4 is 26.8 Å². The van der Waals surface area contributed by atoms with Crippen molar-refractivity contribution in [2.45, 2.75) is 30.7 Å². The molecular formula is C20H21N3O4S. The number of carbonyl (C=O) groups is 1. The Hall–Kier alpha value is -2.71. The minimum atomic E-state index is -3.62. The monoisotopic (exact) mass is 399 g/mol. The zero-order chi connectivity index (χ0) is 19.9. The molecular weight excluding hydrogens is 378 g/mol. The van der Waals surface area contributed by atoms with Crippen molar-refractivity contribution in [2.75, 3.05) is 13.1 Å². The zero-order valence-electron chi connectivity index (χ0n) is 15.5. The first-order valence-corrected chi connectivity index (χ1v) is 10.6. The van der Waals surface area contributed by atoms with E-state index < -0.39 is 10.0 Å². The summed E-state index contributed by atoms with van der Waals surface area (Å²) in [5, 5.41) is 0. The summed E-state index contributed by atoms with van der Waals surface area (Å²) in [6.07, 6.45) is 1.12. The number of benzene rings is 2. The number of ketones is 1. The average molecular weight is 399 g/mol. The first-order valence-electron chi connectivity index (χ1n) is 9.18. The topological polar surface area (TPSA) is 92.2 Å². The number of carbonyl (C=O) groups excluding carboxylic acids is 1. The van der Waals surface area contributed by atoms with Crippen molar-refractivity contribution in [3.8, 4) is 0 Å². The Morgan fingerprint density at radius 3 is 2.32 bits per heavy atom. The lowest BCUT2D eigenvalue weighted by atomic mass is 10.1. The Kier molecular flexibility index (Phi) is 4.68. The second-order valence-electron chi connectivity index (χ2n) is 7.03. The van der Waals surface area contributed by atoms with E-state index in [9.17, 15) is 18.0 Å². The fourth-order valence-corrected chi connectivity index (χ4v) is 5.26. The fraction of sp³-hybridized carbons (Fsp3) is 0.300. The Bertz CT molecular complexity index is 1180. The highest BCUT2D eigenvalue weighted by Crippen LogP contribution is 2.28. The van der Waals surface area contributed by atoms with E-state index in [1.165, 1.54) is 35.5 Å². The lowest BCUT2D eigenvalue weighted by molar-refractivity contribution is 0.101. The first kappa shape index (κ1) is 18.6. The summed E-state index contributed by atoms with van der Waals surface area (Å²) in [5.74, 6) is -0.103. The summed E-state index contributed by atoms with van der Waals surface area (Å²) in [6, 6.07) is 13.5. The highest BCUT2D eigenvalue weighted by molar-refractivity contribution is 7.89. The Morgan fingerprint density at radius 1 is 1.04 bits per heavy atom. The Balaban J connectivity index is 1.54. The Labute approximate surface area is 162 Å². The smallest absolute Gasteiger partial charge is 0.306 e. The predicted octanol–water partition coefficient (Wildman–Crippen LogP) is 2.56. The summed E-state index contributed by atoms with van der Waals surface area (Å²) in [6.45, 7) is 2.13.